The molecule has 0 aliphatic rings. The molecule has 1 rings (SSSR count). The molecule has 0 saturated carbocycles. The third kappa shape index (κ3) is 1.76. The summed E-state index contributed by atoms with van der Waals surface area (Å²) in [4.78, 5) is 4.06. The topological polar surface area (TPSA) is 59.1 Å². The van der Waals surface area contributed by atoms with Gasteiger partial charge < -0.3 is 10.8 Å². The van der Waals surface area contributed by atoms with Crippen LogP contribution in [0.25, 0.3) is 0 Å². The summed E-state index contributed by atoms with van der Waals surface area (Å²) in [7, 11) is 0. The minimum Gasteiger partial charge on any atom is -0.394 e. The second-order valence-electron chi connectivity index (χ2n) is 2.49. The number of hydrogen-bond acceptors (Lipinski definition) is 3. The molecule has 0 aliphatic carbocycles. The van der Waals surface area contributed by atoms with E-state index in [1.54, 1.807) is 6.20 Å². The molecule has 3 heteroatoms. The fourth-order valence-electron chi connectivity index (χ4n) is 0.973. The van der Waals surface area contributed by atoms with Gasteiger partial charge in [0.15, 0.2) is 0 Å². The van der Waals surface area contributed by atoms with Crippen molar-refractivity contribution in [3.8, 4) is 0 Å². The molecule has 3 N–H and O–H groups in total. The highest BCUT2D eigenvalue weighted by Gasteiger charge is 2.07. The Balaban J connectivity index is 2.93. The molecule has 1 aromatic heterocycles. The van der Waals surface area contributed by atoms with E-state index in [1.807, 2.05) is 19.1 Å². The van der Waals surface area contributed by atoms with Crippen LogP contribution in [0.3, 0.4) is 0 Å². The van der Waals surface area contributed by atoms with Gasteiger partial charge in [0.2, 0.25) is 0 Å². The third-order valence-electron chi connectivity index (χ3n) is 1.60. The van der Waals surface area contributed by atoms with Crippen LogP contribution in [0.1, 0.15) is 17.3 Å². The molecular formula is C8H12N2O. The standard InChI is InChI=1S/C8H12N2O/c1-6-3-2-4-10-8(6)7(9)5-11/h2-4,7,11H,5,9H2,1H3. The summed E-state index contributed by atoms with van der Waals surface area (Å²) in [5, 5.41) is 8.75. The van der Waals surface area contributed by atoms with Gasteiger partial charge >= 0.3 is 0 Å². The number of rotatable bonds is 2. The zero-order valence-corrected chi connectivity index (χ0v) is 6.49. The largest absolute Gasteiger partial charge is 0.394 e. The molecule has 3 nitrogen and oxygen atoms in total. The Morgan fingerprint density at radius 1 is 1.73 bits per heavy atom. The van der Waals surface area contributed by atoms with E-state index >= 15 is 0 Å². The summed E-state index contributed by atoms with van der Waals surface area (Å²) in [6.07, 6.45) is 1.68. The van der Waals surface area contributed by atoms with Gasteiger partial charge in [-0.15, -0.1) is 0 Å². The quantitative estimate of drug-likeness (QED) is 0.644. The molecule has 1 unspecified atom stereocenters. The first kappa shape index (κ1) is 8.17. The van der Waals surface area contributed by atoms with E-state index < -0.39 is 0 Å². The lowest BCUT2D eigenvalue weighted by Gasteiger charge is -2.09. The van der Waals surface area contributed by atoms with Crippen molar-refractivity contribution in [2.24, 2.45) is 5.73 Å². The minimum absolute atomic E-state index is 0.0577. The molecule has 0 spiro atoms. The Hall–Kier alpha value is -0.930. The lowest BCUT2D eigenvalue weighted by molar-refractivity contribution is 0.265. The molecule has 11 heavy (non-hydrogen) atoms. The van der Waals surface area contributed by atoms with Crippen LogP contribution in [0.4, 0.5) is 0 Å². The van der Waals surface area contributed by atoms with Crippen molar-refractivity contribution in [2.45, 2.75) is 13.0 Å². The van der Waals surface area contributed by atoms with E-state index in [2.05, 4.69) is 4.98 Å². The molecule has 0 saturated heterocycles. The van der Waals surface area contributed by atoms with Crippen LogP contribution in [0, 0.1) is 6.92 Å². The molecule has 60 valence electrons. The maximum Gasteiger partial charge on any atom is 0.0707 e. The van der Waals surface area contributed by atoms with E-state index in [0.717, 1.165) is 11.3 Å². The first-order chi connectivity index (χ1) is 5.25. The number of aryl methyl sites for hydroxylation is 1. The zero-order chi connectivity index (χ0) is 8.27. The molecule has 0 radical (unpaired) electrons. The van der Waals surface area contributed by atoms with Gasteiger partial charge in [-0.05, 0) is 18.6 Å². The van der Waals surface area contributed by atoms with Crippen LogP contribution < -0.4 is 5.73 Å². The van der Waals surface area contributed by atoms with Gasteiger partial charge in [-0.2, -0.15) is 0 Å². The maximum atomic E-state index is 8.75. The monoisotopic (exact) mass is 152 g/mol. The number of aliphatic hydroxyl groups excluding tert-OH is 1. The third-order valence-corrected chi connectivity index (χ3v) is 1.60. The highest BCUT2D eigenvalue weighted by atomic mass is 16.3. The first-order valence-corrected chi connectivity index (χ1v) is 3.53. The summed E-state index contributed by atoms with van der Waals surface area (Å²) in [5.74, 6) is 0. The van der Waals surface area contributed by atoms with Crippen LogP contribution in [-0.4, -0.2) is 16.7 Å². The van der Waals surface area contributed by atoms with E-state index in [-0.39, 0.29) is 12.6 Å². The predicted octanol–water partition coefficient (Wildman–Crippen LogP) is 0.382. The van der Waals surface area contributed by atoms with Gasteiger partial charge in [0.1, 0.15) is 0 Å². The Labute approximate surface area is 65.9 Å². The lowest BCUT2D eigenvalue weighted by Crippen LogP contribution is -2.17. The van der Waals surface area contributed by atoms with Crippen molar-refractivity contribution in [3.05, 3.63) is 29.6 Å². The predicted molar refractivity (Wildman–Crippen MR) is 43.0 cm³/mol. The number of nitrogens with zero attached hydrogens (tertiary/aromatic N) is 1. The summed E-state index contributed by atoms with van der Waals surface area (Å²) in [6.45, 7) is 1.87. The van der Waals surface area contributed by atoms with Crippen LogP contribution in [0.15, 0.2) is 18.3 Å². The Bertz CT molecular complexity index is 237. The van der Waals surface area contributed by atoms with E-state index in [9.17, 15) is 0 Å². The number of aromatic nitrogens is 1. The number of hydrogen-bond donors (Lipinski definition) is 2. The molecule has 0 amide bonds. The molecule has 0 aromatic carbocycles. The zero-order valence-electron chi connectivity index (χ0n) is 6.49. The second-order valence-corrected chi connectivity index (χ2v) is 2.49. The molecule has 0 fully saturated rings. The minimum atomic E-state index is -0.351. The lowest BCUT2D eigenvalue weighted by atomic mass is 10.1. The van der Waals surface area contributed by atoms with Crippen LogP contribution >= 0.6 is 0 Å². The van der Waals surface area contributed by atoms with Crippen molar-refractivity contribution in [1.82, 2.24) is 4.98 Å². The Kier molecular flexibility index (Phi) is 2.57. The molecule has 0 aliphatic heterocycles. The van der Waals surface area contributed by atoms with Crippen LogP contribution in [0.2, 0.25) is 0 Å². The SMILES string of the molecule is Cc1cccnc1C(N)CO. The molecule has 1 aromatic rings. The maximum absolute atomic E-state index is 8.75. The summed E-state index contributed by atoms with van der Waals surface area (Å²) >= 11 is 0. The normalized spacial score (nSPS) is 13.0. The highest BCUT2D eigenvalue weighted by molar-refractivity contribution is 5.20. The van der Waals surface area contributed by atoms with E-state index in [0.29, 0.717) is 0 Å². The average molecular weight is 152 g/mol. The van der Waals surface area contributed by atoms with Gasteiger partial charge in [0.05, 0.1) is 18.3 Å². The van der Waals surface area contributed by atoms with Crippen LogP contribution in [0.5, 0.6) is 0 Å². The van der Waals surface area contributed by atoms with Gasteiger partial charge in [-0.3, -0.25) is 4.98 Å². The van der Waals surface area contributed by atoms with Crippen molar-refractivity contribution in [1.29, 1.82) is 0 Å². The smallest absolute Gasteiger partial charge is 0.0707 e. The summed E-state index contributed by atoms with van der Waals surface area (Å²) < 4.78 is 0. The number of nitrogens with two attached hydrogens (primary N) is 1. The van der Waals surface area contributed by atoms with Crippen molar-refractivity contribution in [2.75, 3.05) is 6.61 Å². The Morgan fingerprint density at radius 2 is 2.45 bits per heavy atom. The fraction of sp³-hybridized carbons (Fsp3) is 0.375. The highest BCUT2D eigenvalue weighted by Crippen LogP contribution is 2.10. The molecule has 0 bridgehead atoms. The molecular weight excluding hydrogens is 140 g/mol. The second kappa shape index (κ2) is 3.46. The summed E-state index contributed by atoms with van der Waals surface area (Å²) in [6, 6.07) is 3.43. The fourth-order valence-corrected chi connectivity index (χ4v) is 0.973. The van der Waals surface area contributed by atoms with Crippen molar-refractivity contribution < 1.29 is 5.11 Å². The van der Waals surface area contributed by atoms with Gasteiger partial charge in [0, 0.05) is 6.20 Å². The molecule has 1 heterocycles. The number of pyridine rings is 1. The van der Waals surface area contributed by atoms with E-state index in [1.165, 1.54) is 0 Å². The molecule has 1 atom stereocenters. The van der Waals surface area contributed by atoms with Gasteiger partial charge in [0.25, 0.3) is 0 Å². The van der Waals surface area contributed by atoms with Gasteiger partial charge in [-0.25, -0.2) is 0 Å². The number of aliphatic hydroxyl groups is 1. The van der Waals surface area contributed by atoms with E-state index in [4.69, 9.17) is 10.8 Å². The van der Waals surface area contributed by atoms with Gasteiger partial charge in [-0.1, -0.05) is 6.07 Å². The van der Waals surface area contributed by atoms with Crippen molar-refractivity contribution in [3.63, 3.8) is 0 Å². The summed E-state index contributed by atoms with van der Waals surface area (Å²) in [5.41, 5.74) is 7.38. The van der Waals surface area contributed by atoms with Crippen molar-refractivity contribution >= 4 is 0 Å². The average Bonchev–Trinajstić information content (AvgIpc) is 2.04. The Morgan fingerprint density at radius 3 is 3.00 bits per heavy atom. The van der Waals surface area contributed by atoms with Crippen LogP contribution in [-0.2, 0) is 0 Å². The first-order valence-electron chi connectivity index (χ1n) is 3.53.